The van der Waals surface area contributed by atoms with Gasteiger partial charge in [0.1, 0.15) is 5.65 Å². The number of piperidine rings is 1. The number of amides is 1. The molecule has 1 fully saturated rings. The fraction of sp³-hybridized carbons (Fsp3) is 0.400. The van der Waals surface area contributed by atoms with Crippen LogP contribution in [0, 0.1) is 5.92 Å². The third-order valence-corrected chi connectivity index (χ3v) is 5.17. The van der Waals surface area contributed by atoms with Crippen LogP contribution in [-0.4, -0.2) is 40.0 Å². The molecule has 4 rings (SSSR count). The van der Waals surface area contributed by atoms with E-state index in [4.69, 9.17) is 5.73 Å². The molecule has 2 aromatic heterocycles. The van der Waals surface area contributed by atoms with Crippen LogP contribution in [0.25, 0.3) is 16.7 Å². The molecule has 1 amide bonds. The Balaban J connectivity index is 1.60. The highest BCUT2D eigenvalue weighted by molar-refractivity contribution is 5.97. The van der Waals surface area contributed by atoms with Crippen LogP contribution in [0.1, 0.15) is 36.0 Å². The van der Waals surface area contributed by atoms with E-state index in [1.807, 2.05) is 23.2 Å². The van der Waals surface area contributed by atoms with E-state index < -0.39 is 0 Å². The Labute approximate surface area is 147 Å². The number of allylic oxidation sites excluding steroid dienone is 3. The van der Waals surface area contributed by atoms with Crippen LogP contribution in [0.4, 0.5) is 0 Å². The Bertz CT molecular complexity index is 842. The summed E-state index contributed by atoms with van der Waals surface area (Å²) in [6.07, 6.45) is 14.6. The second-order valence-corrected chi connectivity index (χ2v) is 6.90. The Morgan fingerprint density at radius 3 is 2.84 bits per heavy atom. The van der Waals surface area contributed by atoms with Crippen LogP contribution in [0.2, 0.25) is 0 Å². The highest BCUT2D eigenvalue weighted by atomic mass is 16.2. The summed E-state index contributed by atoms with van der Waals surface area (Å²) >= 11 is 0. The molecule has 130 valence electrons. The predicted molar refractivity (Wildman–Crippen MR) is 100 cm³/mol. The number of rotatable bonds is 3. The highest BCUT2D eigenvalue weighted by Gasteiger charge is 2.19. The molecule has 5 heteroatoms. The summed E-state index contributed by atoms with van der Waals surface area (Å²) in [7, 11) is 0. The fourth-order valence-electron chi connectivity index (χ4n) is 3.64. The molecule has 1 atom stereocenters. The number of nitrogens with zero attached hydrogens (tertiary/aromatic N) is 3. The number of carbonyl (C=O) groups excluding carboxylic acids is 1. The van der Waals surface area contributed by atoms with E-state index in [0.717, 1.165) is 49.1 Å². The molecule has 5 nitrogen and oxygen atoms in total. The highest BCUT2D eigenvalue weighted by Crippen LogP contribution is 2.24. The zero-order chi connectivity index (χ0) is 17.2. The lowest BCUT2D eigenvalue weighted by atomic mass is 10.00. The van der Waals surface area contributed by atoms with Gasteiger partial charge < -0.3 is 15.2 Å². The van der Waals surface area contributed by atoms with Gasteiger partial charge >= 0.3 is 0 Å². The van der Waals surface area contributed by atoms with Crippen molar-refractivity contribution in [2.75, 3.05) is 19.6 Å². The summed E-state index contributed by atoms with van der Waals surface area (Å²) in [5, 5.41) is 0.998. The largest absolute Gasteiger partial charge is 0.339 e. The molecule has 2 N–H and O–H groups in total. The zero-order valence-corrected chi connectivity index (χ0v) is 14.4. The number of carbonyl (C=O) groups is 1. The van der Waals surface area contributed by atoms with Gasteiger partial charge in [0.2, 0.25) is 0 Å². The van der Waals surface area contributed by atoms with E-state index in [1.165, 1.54) is 6.42 Å². The molecule has 0 aromatic carbocycles. The maximum absolute atomic E-state index is 12.7. The van der Waals surface area contributed by atoms with Crippen molar-refractivity contribution < 1.29 is 4.79 Å². The minimum Gasteiger partial charge on any atom is -0.339 e. The van der Waals surface area contributed by atoms with E-state index in [0.29, 0.717) is 18.0 Å². The molecule has 1 aliphatic heterocycles. The first-order valence-electron chi connectivity index (χ1n) is 9.11. The number of pyridine rings is 1. The Hall–Kier alpha value is -2.40. The number of hydrogen-bond acceptors (Lipinski definition) is 3. The molecular weight excluding hydrogens is 312 g/mol. The van der Waals surface area contributed by atoms with Crippen molar-refractivity contribution >= 4 is 22.6 Å². The molecule has 0 spiro atoms. The number of nitrogens with two attached hydrogens (primary N) is 1. The number of likely N-dealkylation sites (tertiary alicyclic amines) is 1. The summed E-state index contributed by atoms with van der Waals surface area (Å²) in [5.41, 5.74) is 8.41. The van der Waals surface area contributed by atoms with Crippen molar-refractivity contribution in [3.05, 3.63) is 48.3 Å². The first-order valence-corrected chi connectivity index (χ1v) is 9.11. The SMILES string of the molecule is NCC1C=CC(n2ccc3cc(C(=O)N4CCCCC4)cnc32)=CC1. The van der Waals surface area contributed by atoms with Gasteiger partial charge in [-0.2, -0.15) is 0 Å². The van der Waals surface area contributed by atoms with Gasteiger partial charge in [-0.1, -0.05) is 12.2 Å². The molecule has 3 heterocycles. The van der Waals surface area contributed by atoms with Crippen LogP contribution in [0.3, 0.4) is 0 Å². The van der Waals surface area contributed by atoms with Crippen molar-refractivity contribution in [2.45, 2.75) is 25.7 Å². The average Bonchev–Trinajstić information content (AvgIpc) is 3.11. The van der Waals surface area contributed by atoms with Gasteiger partial charge in [-0.3, -0.25) is 4.79 Å². The van der Waals surface area contributed by atoms with Gasteiger partial charge in [-0.25, -0.2) is 4.98 Å². The summed E-state index contributed by atoms with van der Waals surface area (Å²) < 4.78 is 2.08. The third kappa shape index (κ3) is 3.12. The third-order valence-electron chi connectivity index (χ3n) is 5.17. The summed E-state index contributed by atoms with van der Waals surface area (Å²) in [4.78, 5) is 19.2. The number of fused-ring (bicyclic) bond motifs is 1. The van der Waals surface area contributed by atoms with Crippen LogP contribution in [0.5, 0.6) is 0 Å². The van der Waals surface area contributed by atoms with Gasteiger partial charge in [0.15, 0.2) is 0 Å². The van der Waals surface area contributed by atoms with E-state index >= 15 is 0 Å². The standard InChI is InChI=1S/C20H24N4O/c21-13-15-4-6-18(7-5-15)24-11-8-16-12-17(14-22-19(16)24)20(25)23-9-2-1-3-10-23/h4,6-8,11-12,14-15H,1-3,5,9-10,13,21H2. The first kappa shape index (κ1) is 16.1. The van der Waals surface area contributed by atoms with Gasteiger partial charge in [0.05, 0.1) is 5.56 Å². The van der Waals surface area contributed by atoms with Crippen LogP contribution in [0.15, 0.2) is 42.8 Å². The lowest BCUT2D eigenvalue weighted by Gasteiger charge is -2.26. The van der Waals surface area contributed by atoms with E-state index in [9.17, 15) is 4.79 Å². The van der Waals surface area contributed by atoms with Gasteiger partial charge in [-0.05, 0) is 56.4 Å². The van der Waals surface area contributed by atoms with Crippen LogP contribution >= 0.6 is 0 Å². The van der Waals surface area contributed by atoms with E-state index in [1.54, 1.807) is 6.20 Å². The Kier molecular flexibility index (Phi) is 4.40. The van der Waals surface area contributed by atoms with E-state index in [2.05, 4.69) is 27.8 Å². The minimum atomic E-state index is 0.101. The topological polar surface area (TPSA) is 64.2 Å². The quantitative estimate of drug-likeness (QED) is 0.937. The molecule has 2 aromatic rings. The summed E-state index contributed by atoms with van der Waals surface area (Å²) in [6.45, 7) is 2.39. The Morgan fingerprint density at radius 1 is 1.28 bits per heavy atom. The monoisotopic (exact) mass is 336 g/mol. The van der Waals surface area contributed by atoms with E-state index in [-0.39, 0.29) is 5.91 Å². The normalized spacial score (nSPS) is 20.8. The van der Waals surface area contributed by atoms with Crippen molar-refractivity contribution in [2.24, 2.45) is 11.7 Å². The van der Waals surface area contributed by atoms with Crippen molar-refractivity contribution in [1.82, 2.24) is 14.5 Å². The maximum atomic E-state index is 12.7. The summed E-state index contributed by atoms with van der Waals surface area (Å²) in [5.74, 6) is 0.525. The molecule has 0 bridgehead atoms. The average molecular weight is 336 g/mol. The van der Waals surface area contributed by atoms with Crippen molar-refractivity contribution in [3.8, 4) is 0 Å². The lowest BCUT2D eigenvalue weighted by Crippen LogP contribution is -2.35. The Morgan fingerprint density at radius 2 is 2.12 bits per heavy atom. The second-order valence-electron chi connectivity index (χ2n) is 6.90. The smallest absolute Gasteiger partial charge is 0.255 e. The van der Waals surface area contributed by atoms with Crippen molar-refractivity contribution in [1.29, 1.82) is 0 Å². The lowest BCUT2D eigenvalue weighted by molar-refractivity contribution is 0.0724. The zero-order valence-electron chi connectivity index (χ0n) is 14.4. The number of hydrogen-bond donors (Lipinski definition) is 1. The predicted octanol–water partition coefficient (Wildman–Crippen LogP) is 3.04. The van der Waals surface area contributed by atoms with Gasteiger partial charge in [-0.15, -0.1) is 0 Å². The minimum absolute atomic E-state index is 0.101. The fourth-order valence-corrected chi connectivity index (χ4v) is 3.64. The molecule has 2 aliphatic rings. The molecule has 0 radical (unpaired) electrons. The molecule has 1 aliphatic carbocycles. The van der Waals surface area contributed by atoms with Crippen LogP contribution in [-0.2, 0) is 0 Å². The molecule has 1 unspecified atom stereocenters. The number of aromatic nitrogens is 2. The molecule has 1 saturated heterocycles. The summed E-state index contributed by atoms with van der Waals surface area (Å²) in [6, 6.07) is 3.99. The molecule has 0 saturated carbocycles. The molecule has 25 heavy (non-hydrogen) atoms. The molecular formula is C20H24N4O. The van der Waals surface area contributed by atoms with Crippen molar-refractivity contribution in [3.63, 3.8) is 0 Å². The second kappa shape index (κ2) is 6.84. The maximum Gasteiger partial charge on any atom is 0.255 e. The van der Waals surface area contributed by atoms with Gasteiger partial charge in [0.25, 0.3) is 5.91 Å². The van der Waals surface area contributed by atoms with Crippen LogP contribution < -0.4 is 5.73 Å². The first-order chi connectivity index (χ1) is 12.3. The van der Waals surface area contributed by atoms with Gasteiger partial charge in [0, 0.05) is 36.6 Å².